The second kappa shape index (κ2) is 6.92. The van der Waals surface area contributed by atoms with Gasteiger partial charge in [-0.15, -0.1) is 0 Å². The first kappa shape index (κ1) is 16.0. The molecule has 0 radical (unpaired) electrons. The molecule has 0 unspecified atom stereocenters. The summed E-state index contributed by atoms with van der Waals surface area (Å²) < 4.78 is 5.42. The molecule has 0 aliphatic heterocycles. The largest absolute Gasteiger partial charge is 0.496 e. The van der Waals surface area contributed by atoms with Crippen molar-refractivity contribution in [3.63, 3.8) is 0 Å². The van der Waals surface area contributed by atoms with E-state index in [-0.39, 0.29) is 5.54 Å². The van der Waals surface area contributed by atoms with Crippen molar-refractivity contribution < 1.29 is 4.74 Å². The van der Waals surface area contributed by atoms with Gasteiger partial charge >= 0.3 is 0 Å². The number of hydrogen-bond acceptors (Lipinski definition) is 3. The molecule has 0 saturated heterocycles. The molecule has 0 amide bonds. The Morgan fingerprint density at radius 2 is 1.95 bits per heavy atom. The number of ether oxygens (including phenoxy) is 1. The third-order valence-corrected chi connectivity index (χ3v) is 3.03. The molecule has 108 valence electrons. The van der Waals surface area contributed by atoms with Crippen molar-refractivity contribution in [2.75, 3.05) is 27.2 Å². The molecule has 1 N–H and O–H groups in total. The van der Waals surface area contributed by atoms with E-state index < -0.39 is 0 Å². The SMILES string of the molecule is COc1ccc(C)cc1CN(C)CCNC(C)(C)C. The number of likely N-dealkylation sites (N-methyl/N-ethyl adjacent to an activating group) is 1. The van der Waals surface area contributed by atoms with E-state index in [2.05, 4.69) is 57.1 Å². The maximum absolute atomic E-state index is 5.42. The zero-order chi connectivity index (χ0) is 14.5. The van der Waals surface area contributed by atoms with Crippen LogP contribution in [0, 0.1) is 6.92 Å². The van der Waals surface area contributed by atoms with Crippen LogP contribution in [0.2, 0.25) is 0 Å². The molecule has 0 saturated carbocycles. The Labute approximate surface area is 118 Å². The monoisotopic (exact) mass is 264 g/mol. The van der Waals surface area contributed by atoms with Crippen LogP contribution in [0.4, 0.5) is 0 Å². The van der Waals surface area contributed by atoms with Gasteiger partial charge in [-0.3, -0.25) is 0 Å². The number of nitrogens with one attached hydrogen (secondary N) is 1. The van der Waals surface area contributed by atoms with Gasteiger partial charge < -0.3 is 15.0 Å². The molecule has 0 spiro atoms. The van der Waals surface area contributed by atoms with Crippen LogP contribution in [0.25, 0.3) is 0 Å². The Balaban J connectivity index is 2.52. The molecule has 1 aromatic rings. The third kappa shape index (κ3) is 6.08. The minimum Gasteiger partial charge on any atom is -0.496 e. The van der Waals surface area contributed by atoms with Gasteiger partial charge in [0.1, 0.15) is 5.75 Å². The van der Waals surface area contributed by atoms with Crippen LogP contribution in [-0.2, 0) is 6.54 Å². The molecule has 0 aliphatic carbocycles. The van der Waals surface area contributed by atoms with Crippen molar-refractivity contribution >= 4 is 0 Å². The van der Waals surface area contributed by atoms with Gasteiger partial charge in [0.15, 0.2) is 0 Å². The van der Waals surface area contributed by atoms with Gasteiger partial charge in [-0.2, -0.15) is 0 Å². The lowest BCUT2D eigenvalue weighted by atomic mass is 10.1. The van der Waals surface area contributed by atoms with E-state index in [1.54, 1.807) is 7.11 Å². The van der Waals surface area contributed by atoms with Crippen LogP contribution in [0.1, 0.15) is 31.9 Å². The molecule has 19 heavy (non-hydrogen) atoms. The molecule has 0 aromatic heterocycles. The quantitative estimate of drug-likeness (QED) is 0.855. The third-order valence-electron chi connectivity index (χ3n) is 3.03. The molecule has 0 heterocycles. The van der Waals surface area contributed by atoms with Crippen molar-refractivity contribution in [3.05, 3.63) is 29.3 Å². The van der Waals surface area contributed by atoms with Crippen LogP contribution < -0.4 is 10.1 Å². The van der Waals surface area contributed by atoms with Gasteiger partial charge in [0, 0.05) is 30.7 Å². The number of rotatable bonds is 6. The Hall–Kier alpha value is -1.06. The first-order valence-corrected chi connectivity index (χ1v) is 6.89. The summed E-state index contributed by atoms with van der Waals surface area (Å²) in [6.45, 7) is 11.6. The summed E-state index contributed by atoms with van der Waals surface area (Å²) in [4.78, 5) is 2.32. The minimum absolute atomic E-state index is 0.182. The highest BCUT2D eigenvalue weighted by Crippen LogP contribution is 2.20. The lowest BCUT2D eigenvalue weighted by molar-refractivity contribution is 0.297. The molecule has 0 atom stereocenters. The zero-order valence-electron chi connectivity index (χ0n) is 13.2. The fraction of sp³-hybridized carbons (Fsp3) is 0.625. The molecule has 0 aliphatic rings. The summed E-state index contributed by atoms with van der Waals surface area (Å²) in [7, 11) is 3.88. The second-order valence-corrected chi connectivity index (χ2v) is 6.23. The highest BCUT2D eigenvalue weighted by Gasteiger charge is 2.10. The minimum atomic E-state index is 0.182. The van der Waals surface area contributed by atoms with Crippen LogP contribution >= 0.6 is 0 Å². The van der Waals surface area contributed by atoms with Crippen molar-refractivity contribution in [2.24, 2.45) is 0 Å². The highest BCUT2D eigenvalue weighted by atomic mass is 16.5. The first-order valence-electron chi connectivity index (χ1n) is 6.89. The summed E-state index contributed by atoms with van der Waals surface area (Å²) >= 11 is 0. The average Bonchev–Trinajstić information content (AvgIpc) is 2.27. The van der Waals surface area contributed by atoms with Crippen molar-refractivity contribution in [2.45, 2.75) is 39.8 Å². The topological polar surface area (TPSA) is 24.5 Å². The highest BCUT2D eigenvalue weighted by molar-refractivity contribution is 5.36. The maximum atomic E-state index is 5.42. The van der Waals surface area contributed by atoms with E-state index >= 15 is 0 Å². The number of nitrogens with zero attached hydrogens (tertiary/aromatic N) is 1. The molecular formula is C16H28N2O. The zero-order valence-corrected chi connectivity index (χ0v) is 13.2. The van der Waals surface area contributed by atoms with Gasteiger partial charge in [0.25, 0.3) is 0 Å². The Bertz CT molecular complexity index is 396. The number of benzene rings is 1. The molecule has 1 rings (SSSR count). The summed E-state index contributed by atoms with van der Waals surface area (Å²) in [6.07, 6.45) is 0. The van der Waals surface area contributed by atoms with Crippen molar-refractivity contribution in [3.8, 4) is 5.75 Å². The van der Waals surface area contributed by atoms with Gasteiger partial charge in [-0.05, 0) is 40.8 Å². The second-order valence-electron chi connectivity index (χ2n) is 6.23. The van der Waals surface area contributed by atoms with Gasteiger partial charge in [0.05, 0.1) is 7.11 Å². The molecule has 3 nitrogen and oxygen atoms in total. The summed E-state index contributed by atoms with van der Waals surface area (Å²) in [6, 6.07) is 6.34. The van der Waals surface area contributed by atoms with E-state index in [0.717, 1.165) is 25.4 Å². The predicted molar refractivity (Wildman–Crippen MR) is 81.8 cm³/mol. The van der Waals surface area contributed by atoms with E-state index in [1.165, 1.54) is 11.1 Å². The fourth-order valence-corrected chi connectivity index (χ4v) is 2.02. The van der Waals surface area contributed by atoms with Crippen molar-refractivity contribution in [1.82, 2.24) is 10.2 Å². The smallest absolute Gasteiger partial charge is 0.123 e. The van der Waals surface area contributed by atoms with Gasteiger partial charge in [-0.1, -0.05) is 17.7 Å². The van der Waals surface area contributed by atoms with Crippen LogP contribution in [0.15, 0.2) is 18.2 Å². The first-order chi connectivity index (χ1) is 8.81. The van der Waals surface area contributed by atoms with E-state index in [9.17, 15) is 0 Å². The normalized spacial score (nSPS) is 11.9. The fourth-order valence-electron chi connectivity index (χ4n) is 2.02. The summed E-state index contributed by atoms with van der Waals surface area (Å²) in [5.41, 5.74) is 2.71. The summed E-state index contributed by atoms with van der Waals surface area (Å²) in [5, 5.41) is 3.51. The number of methoxy groups -OCH3 is 1. The van der Waals surface area contributed by atoms with Gasteiger partial charge in [-0.25, -0.2) is 0 Å². The average molecular weight is 264 g/mol. The maximum Gasteiger partial charge on any atom is 0.123 e. The molecule has 3 heteroatoms. The van der Waals surface area contributed by atoms with Crippen LogP contribution in [0.3, 0.4) is 0 Å². The molecular weight excluding hydrogens is 236 g/mol. The van der Waals surface area contributed by atoms with Crippen molar-refractivity contribution in [1.29, 1.82) is 0 Å². The Morgan fingerprint density at radius 3 is 2.53 bits per heavy atom. The van der Waals surface area contributed by atoms with Gasteiger partial charge in [0.2, 0.25) is 0 Å². The lowest BCUT2D eigenvalue weighted by Crippen LogP contribution is -2.40. The standard InChI is InChI=1S/C16H28N2O/c1-13-7-8-15(19-6)14(11-13)12-18(5)10-9-17-16(2,3)4/h7-8,11,17H,9-10,12H2,1-6H3. The van der Waals surface area contributed by atoms with E-state index in [1.807, 2.05) is 6.07 Å². The molecule has 1 aromatic carbocycles. The molecule has 0 bridgehead atoms. The van der Waals surface area contributed by atoms with Crippen LogP contribution in [-0.4, -0.2) is 37.7 Å². The predicted octanol–water partition coefficient (Wildman–Crippen LogP) is 2.82. The van der Waals surface area contributed by atoms with Crippen LogP contribution in [0.5, 0.6) is 5.75 Å². The lowest BCUT2D eigenvalue weighted by Gasteiger charge is -2.24. The summed E-state index contributed by atoms with van der Waals surface area (Å²) in [5.74, 6) is 0.973. The Kier molecular flexibility index (Phi) is 5.83. The molecule has 0 fully saturated rings. The number of aryl methyl sites for hydroxylation is 1. The van der Waals surface area contributed by atoms with E-state index in [0.29, 0.717) is 0 Å². The van der Waals surface area contributed by atoms with E-state index in [4.69, 9.17) is 4.74 Å². The number of hydrogen-bond donors (Lipinski definition) is 1. The Morgan fingerprint density at radius 1 is 1.26 bits per heavy atom.